The number of benzene rings is 2. The Morgan fingerprint density at radius 1 is 1.03 bits per heavy atom. The summed E-state index contributed by atoms with van der Waals surface area (Å²) in [7, 11) is 0. The molecule has 0 saturated carbocycles. The van der Waals surface area contributed by atoms with E-state index in [1.54, 1.807) is 12.1 Å². The summed E-state index contributed by atoms with van der Waals surface area (Å²) in [5.74, 6) is -0.222. The van der Waals surface area contributed by atoms with Crippen molar-refractivity contribution in [3.8, 4) is 0 Å². The zero-order chi connectivity index (χ0) is 20.8. The normalized spacial score (nSPS) is 18.2. The molecular weight excluding hydrogens is 383 g/mol. The maximum absolute atomic E-state index is 13.5. The largest absolute Gasteiger partial charge is 0.416 e. The number of para-hydroxylation sites is 1. The molecule has 0 atom stereocenters. The van der Waals surface area contributed by atoms with Crippen LogP contribution >= 0.6 is 0 Å². The van der Waals surface area contributed by atoms with E-state index in [1.807, 2.05) is 12.1 Å². The van der Waals surface area contributed by atoms with E-state index in [0.29, 0.717) is 31.6 Å². The zero-order valence-corrected chi connectivity index (χ0v) is 15.6. The average molecular weight is 403 g/mol. The number of nitrogens with two attached hydrogens (primary N) is 1. The third-order valence-electron chi connectivity index (χ3n) is 5.94. The summed E-state index contributed by atoms with van der Waals surface area (Å²) in [5.41, 5.74) is 5.26. The third kappa shape index (κ3) is 3.12. The number of amides is 3. The monoisotopic (exact) mass is 403 g/mol. The molecule has 2 aliphatic rings. The first kappa shape index (κ1) is 19.3. The van der Waals surface area contributed by atoms with Crippen LogP contribution in [0.4, 0.5) is 23.7 Å². The second kappa shape index (κ2) is 6.79. The number of carbonyl (C=O) groups is 2. The van der Waals surface area contributed by atoms with Gasteiger partial charge in [-0.15, -0.1) is 0 Å². The summed E-state index contributed by atoms with van der Waals surface area (Å²) < 4.78 is 40.3. The van der Waals surface area contributed by atoms with Crippen LogP contribution in [0.2, 0.25) is 0 Å². The van der Waals surface area contributed by atoms with Gasteiger partial charge >= 0.3 is 12.2 Å². The fourth-order valence-corrected chi connectivity index (χ4v) is 4.45. The van der Waals surface area contributed by atoms with Gasteiger partial charge in [-0.3, -0.25) is 4.79 Å². The van der Waals surface area contributed by atoms with Crippen molar-refractivity contribution in [3.05, 3.63) is 65.2 Å². The molecule has 3 amide bonds. The highest BCUT2D eigenvalue weighted by Crippen LogP contribution is 2.48. The van der Waals surface area contributed by atoms with Gasteiger partial charge in [0, 0.05) is 18.8 Å². The summed E-state index contributed by atoms with van der Waals surface area (Å²) in [6.45, 7) is 0.511. The van der Waals surface area contributed by atoms with E-state index in [1.165, 1.54) is 28.0 Å². The lowest BCUT2D eigenvalue weighted by Crippen LogP contribution is -2.51. The van der Waals surface area contributed by atoms with E-state index in [0.717, 1.165) is 11.6 Å². The topological polar surface area (TPSA) is 66.6 Å². The number of piperidine rings is 1. The predicted molar refractivity (Wildman–Crippen MR) is 101 cm³/mol. The van der Waals surface area contributed by atoms with Gasteiger partial charge in [0.1, 0.15) is 0 Å². The molecule has 2 heterocycles. The van der Waals surface area contributed by atoms with Crippen molar-refractivity contribution in [2.45, 2.75) is 31.0 Å². The molecule has 0 unspecified atom stereocenters. The zero-order valence-electron chi connectivity index (χ0n) is 15.6. The first-order valence-electron chi connectivity index (χ1n) is 9.35. The Morgan fingerprint density at radius 3 is 2.31 bits per heavy atom. The van der Waals surface area contributed by atoms with Gasteiger partial charge in [0.15, 0.2) is 0 Å². The van der Waals surface area contributed by atoms with Crippen molar-refractivity contribution in [1.82, 2.24) is 4.90 Å². The molecule has 5 nitrogen and oxygen atoms in total. The Kier molecular flexibility index (Phi) is 4.52. The first-order chi connectivity index (χ1) is 13.7. The molecule has 8 heteroatoms. The standard InChI is InChI=1S/C21H20F3N3O2/c22-21(23,24)15-6-2-1-5-14(15)13-27-17-8-4-3-7-16(17)20(18(27)28)9-11-26(12-10-20)19(25)29/h1-8H,9-13H2,(H2,25,29). The SMILES string of the molecule is NC(=O)N1CCC2(CC1)C(=O)N(Cc1ccccc1C(F)(F)F)c1ccccc12. The second-order valence-corrected chi connectivity index (χ2v) is 7.47. The van der Waals surface area contributed by atoms with Gasteiger partial charge in [0.05, 0.1) is 17.5 Å². The molecule has 4 rings (SSSR count). The highest BCUT2D eigenvalue weighted by molar-refractivity contribution is 6.08. The van der Waals surface area contributed by atoms with Gasteiger partial charge in [-0.2, -0.15) is 13.2 Å². The van der Waals surface area contributed by atoms with E-state index < -0.39 is 23.2 Å². The summed E-state index contributed by atoms with van der Waals surface area (Å²) in [6.07, 6.45) is -3.71. The Labute approximate surface area is 165 Å². The van der Waals surface area contributed by atoms with E-state index in [-0.39, 0.29) is 18.0 Å². The second-order valence-electron chi connectivity index (χ2n) is 7.47. The van der Waals surface area contributed by atoms with Crippen LogP contribution in [-0.4, -0.2) is 29.9 Å². The van der Waals surface area contributed by atoms with Crippen LogP contribution in [-0.2, 0) is 22.9 Å². The van der Waals surface area contributed by atoms with Crippen LogP contribution in [0, 0.1) is 0 Å². The number of carbonyl (C=O) groups excluding carboxylic acids is 2. The van der Waals surface area contributed by atoms with Gasteiger partial charge in [-0.05, 0) is 36.1 Å². The molecule has 29 heavy (non-hydrogen) atoms. The fourth-order valence-electron chi connectivity index (χ4n) is 4.45. The summed E-state index contributed by atoms with van der Waals surface area (Å²) >= 11 is 0. The summed E-state index contributed by atoms with van der Waals surface area (Å²) in [6, 6.07) is 12.0. The van der Waals surface area contributed by atoms with Crippen molar-refractivity contribution >= 4 is 17.6 Å². The molecule has 2 aromatic carbocycles. The minimum atomic E-state index is -4.50. The first-order valence-corrected chi connectivity index (χ1v) is 9.35. The predicted octanol–water partition coefficient (Wildman–Crippen LogP) is 3.66. The Hall–Kier alpha value is -3.03. The van der Waals surface area contributed by atoms with Crippen LogP contribution in [0.5, 0.6) is 0 Å². The fraction of sp³-hybridized carbons (Fsp3) is 0.333. The maximum atomic E-state index is 13.5. The molecule has 1 saturated heterocycles. The lowest BCUT2D eigenvalue weighted by Gasteiger charge is -2.37. The van der Waals surface area contributed by atoms with E-state index in [4.69, 9.17) is 5.73 Å². The van der Waals surface area contributed by atoms with Crippen LogP contribution in [0.25, 0.3) is 0 Å². The molecule has 0 aromatic heterocycles. The highest BCUT2D eigenvalue weighted by atomic mass is 19.4. The van der Waals surface area contributed by atoms with Crippen molar-refractivity contribution < 1.29 is 22.8 Å². The smallest absolute Gasteiger partial charge is 0.351 e. The van der Waals surface area contributed by atoms with Crippen LogP contribution < -0.4 is 10.6 Å². The summed E-state index contributed by atoms with van der Waals surface area (Å²) in [5, 5.41) is 0. The van der Waals surface area contributed by atoms with Crippen LogP contribution in [0.15, 0.2) is 48.5 Å². The number of primary amides is 1. The number of rotatable bonds is 2. The molecule has 1 fully saturated rings. The number of alkyl halides is 3. The lowest BCUT2D eigenvalue weighted by atomic mass is 9.73. The number of nitrogens with zero attached hydrogens (tertiary/aromatic N) is 2. The lowest BCUT2D eigenvalue weighted by molar-refractivity contribution is -0.138. The highest BCUT2D eigenvalue weighted by Gasteiger charge is 2.52. The third-order valence-corrected chi connectivity index (χ3v) is 5.94. The number of hydrogen-bond acceptors (Lipinski definition) is 2. The molecule has 0 aliphatic carbocycles. The average Bonchev–Trinajstić information content (AvgIpc) is 2.91. The van der Waals surface area contributed by atoms with Crippen molar-refractivity contribution in [3.63, 3.8) is 0 Å². The minimum Gasteiger partial charge on any atom is -0.351 e. The Morgan fingerprint density at radius 2 is 1.66 bits per heavy atom. The van der Waals surface area contributed by atoms with Crippen molar-refractivity contribution in [2.75, 3.05) is 18.0 Å². The van der Waals surface area contributed by atoms with E-state index in [9.17, 15) is 22.8 Å². The number of halogens is 3. The number of anilines is 1. The van der Waals surface area contributed by atoms with Gasteiger partial charge < -0.3 is 15.5 Å². The Balaban J connectivity index is 1.71. The van der Waals surface area contributed by atoms with Gasteiger partial charge in [0.25, 0.3) is 0 Å². The molecule has 2 N–H and O–H groups in total. The molecule has 1 spiro atoms. The molecule has 2 aliphatic heterocycles. The number of urea groups is 1. The van der Waals surface area contributed by atoms with Crippen LogP contribution in [0.3, 0.4) is 0 Å². The van der Waals surface area contributed by atoms with Crippen LogP contribution in [0.1, 0.15) is 29.5 Å². The number of likely N-dealkylation sites (tertiary alicyclic amines) is 1. The minimum absolute atomic E-state index is 0.0507. The maximum Gasteiger partial charge on any atom is 0.416 e. The quantitative estimate of drug-likeness (QED) is 0.832. The number of hydrogen-bond donors (Lipinski definition) is 1. The summed E-state index contributed by atoms with van der Waals surface area (Å²) in [4.78, 5) is 27.9. The van der Waals surface area contributed by atoms with Gasteiger partial charge in [-0.1, -0.05) is 36.4 Å². The van der Waals surface area contributed by atoms with Crippen molar-refractivity contribution in [2.24, 2.45) is 5.73 Å². The molecular formula is C21H20F3N3O2. The molecule has 0 radical (unpaired) electrons. The molecule has 2 aromatic rings. The van der Waals surface area contributed by atoms with Gasteiger partial charge in [-0.25, -0.2) is 4.79 Å². The van der Waals surface area contributed by atoms with E-state index in [2.05, 4.69) is 0 Å². The van der Waals surface area contributed by atoms with Crippen molar-refractivity contribution in [1.29, 1.82) is 0 Å². The van der Waals surface area contributed by atoms with E-state index >= 15 is 0 Å². The number of fused-ring (bicyclic) bond motifs is 2. The Bertz CT molecular complexity index is 966. The molecule has 152 valence electrons. The molecule has 0 bridgehead atoms. The van der Waals surface area contributed by atoms with Gasteiger partial charge in [0.2, 0.25) is 5.91 Å².